The van der Waals surface area contributed by atoms with Crippen LogP contribution in [0.5, 0.6) is 0 Å². The van der Waals surface area contributed by atoms with Crippen molar-refractivity contribution in [3.8, 4) is 0 Å². The van der Waals surface area contributed by atoms with Crippen LogP contribution in [0.25, 0.3) is 0 Å². The molecule has 0 aromatic heterocycles. The van der Waals surface area contributed by atoms with Gasteiger partial charge in [-0.1, -0.05) is 13.8 Å². The molecule has 0 fully saturated rings. The minimum atomic E-state index is 1.28. The van der Waals surface area contributed by atoms with Gasteiger partial charge in [0.15, 0.2) is 0 Å². The molecule has 0 aliphatic heterocycles. The first kappa shape index (κ1) is 9.51. The van der Waals surface area contributed by atoms with Crippen molar-refractivity contribution in [2.24, 2.45) is 0 Å². The van der Waals surface area contributed by atoms with Gasteiger partial charge in [-0.15, -0.1) is 0 Å². The van der Waals surface area contributed by atoms with Crippen molar-refractivity contribution in [3.63, 3.8) is 0 Å². The molecule has 0 radical (unpaired) electrons. The Balaban J connectivity index is 0.000000371. The van der Waals surface area contributed by atoms with Crippen molar-refractivity contribution >= 4 is 0 Å². The van der Waals surface area contributed by atoms with E-state index in [0.29, 0.717) is 0 Å². The van der Waals surface area contributed by atoms with Gasteiger partial charge in [0.05, 0.1) is 0 Å². The molecule has 0 aliphatic rings. The van der Waals surface area contributed by atoms with Crippen LogP contribution in [0.2, 0.25) is 0 Å². The summed E-state index contributed by atoms with van der Waals surface area (Å²) in [6, 6.07) is 9.12. The molecule has 0 unspecified atom stereocenters. The molecule has 10 heavy (non-hydrogen) atoms. The van der Waals surface area contributed by atoms with E-state index in [-0.39, 0.29) is 0 Å². The van der Waals surface area contributed by atoms with E-state index in [4.69, 9.17) is 4.45 Å². The first-order valence-electron chi connectivity index (χ1n) is 2.89. The Labute approximate surface area is 69.4 Å². The normalized spacial score (nSPS) is 8.00. The molecule has 0 bridgehead atoms. The summed E-state index contributed by atoms with van der Waals surface area (Å²) in [5, 5.41) is 0. The zero-order valence-corrected chi connectivity index (χ0v) is 7.04. The predicted molar refractivity (Wildman–Crippen MR) is 37.5 cm³/mol. The fourth-order valence-electron chi connectivity index (χ4n) is 0.747. The summed E-state index contributed by atoms with van der Waals surface area (Å²) >= 11 is 3.12. The van der Waals surface area contributed by atoms with E-state index in [1.807, 2.05) is 12.1 Å². The second kappa shape index (κ2) is 5.31. The van der Waals surface area contributed by atoms with Crippen molar-refractivity contribution in [2.45, 2.75) is 13.8 Å². The molecule has 1 aromatic rings. The van der Waals surface area contributed by atoms with Crippen LogP contribution in [-0.4, -0.2) is 0 Å². The molecule has 0 saturated carbocycles. The van der Waals surface area contributed by atoms with Crippen molar-refractivity contribution < 1.29 is 15.3 Å². The van der Waals surface area contributed by atoms with Gasteiger partial charge in [0.2, 0.25) is 0 Å². The molecule has 2 heteroatoms. The van der Waals surface area contributed by atoms with E-state index in [9.17, 15) is 0 Å². The third-order valence-electron chi connectivity index (χ3n) is 1.08. The van der Waals surface area contributed by atoms with Gasteiger partial charge in [-0.3, -0.25) is 0 Å². The molecule has 0 atom stereocenters. The third kappa shape index (κ3) is 3.52. The molecule has 0 spiro atoms. The molecular weight excluding hydrogens is 169 g/mol. The summed E-state index contributed by atoms with van der Waals surface area (Å²) in [4.78, 5) is 0. The number of aryl methyl sites for hydroxylation is 2. The standard InChI is InChI=1S/C8H9.HN.Ni/c1-7-4-3-5-8(2)6-7;;/h4-6H,1-2H3;1H;/q-1;;. The van der Waals surface area contributed by atoms with E-state index in [2.05, 4.69) is 41.2 Å². The first-order chi connectivity index (χ1) is 4.79. The maximum absolute atomic E-state index is 5.38. The topological polar surface area (TPSA) is 23.9 Å². The summed E-state index contributed by atoms with van der Waals surface area (Å²) in [5.41, 5.74) is 2.56. The Morgan fingerprint density at radius 2 is 1.60 bits per heavy atom. The van der Waals surface area contributed by atoms with Crippen molar-refractivity contribution in [2.75, 3.05) is 0 Å². The summed E-state index contributed by atoms with van der Waals surface area (Å²) in [7, 11) is 0. The number of hydrogen-bond donors (Lipinski definition) is 1. The van der Waals surface area contributed by atoms with E-state index in [0.717, 1.165) is 0 Å². The van der Waals surface area contributed by atoms with Gasteiger partial charge < -0.3 is 0 Å². The van der Waals surface area contributed by atoms with Crippen LogP contribution in [0.4, 0.5) is 0 Å². The van der Waals surface area contributed by atoms with Crippen LogP contribution in [0, 0.1) is 24.4 Å². The van der Waals surface area contributed by atoms with Gasteiger partial charge >= 0.3 is 19.7 Å². The van der Waals surface area contributed by atoms with Gasteiger partial charge in [-0.25, -0.2) is 0 Å². The Hall–Kier alpha value is -0.486. The van der Waals surface area contributed by atoms with Gasteiger partial charge in [-0.2, -0.15) is 35.4 Å². The Bertz CT molecular complexity index is 181. The Morgan fingerprint density at radius 1 is 1.20 bits per heavy atom. The summed E-state index contributed by atoms with van der Waals surface area (Å²) in [5.74, 6) is 0. The monoisotopic (exact) mass is 178 g/mol. The number of nitrogens with one attached hydrogen (secondary N) is 1. The Kier molecular flexibility index (Phi) is 5.05. The van der Waals surface area contributed by atoms with Crippen LogP contribution in [-0.2, 0) is 15.3 Å². The van der Waals surface area contributed by atoms with Crippen LogP contribution in [0.15, 0.2) is 18.2 Å². The Morgan fingerprint density at radius 3 is 1.80 bits per heavy atom. The van der Waals surface area contributed by atoms with Crippen LogP contribution in [0.3, 0.4) is 0 Å². The molecule has 58 valence electrons. The molecule has 1 nitrogen and oxygen atoms in total. The molecule has 1 aromatic carbocycles. The summed E-state index contributed by atoms with van der Waals surface area (Å²) in [6.45, 7) is 4.15. The number of hydrogen-bond acceptors (Lipinski definition) is 1. The fourth-order valence-corrected chi connectivity index (χ4v) is 0.747. The maximum atomic E-state index is 5.38. The quantitative estimate of drug-likeness (QED) is 0.466. The van der Waals surface area contributed by atoms with Crippen LogP contribution < -0.4 is 0 Å². The molecule has 0 aliphatic carbocycles. The van der Waals surface area contributed by atoms with Gasteiger partial charge in [0.25, 0.3) is 0 Å². The molecule has 0 heterocycles. The SMILES string of the molecule is Cc1c[c-]cc(C)c1.[NH]=[Ni]. The van der Waals surface area contributed by atoms with Crippen molar-refractivity contribution in [3.05, 3.63) is 35.4 Å². The second-order valence-electron chi connectivity index (χ2n) is 2.09. The molecule has 0 amide bonds. The van der Waals surface area contributed by atoms with E-state index >= 15 is 0 Å². The fraction of sp³-hybridized carbons (Fsp3) is 0.250. The zero-order valence-electron chi connectivity index (χ0n) is 6.05. The van der Waals surface area contributed by atoms with Gasteiger partial charge in [-0.05, 0) is 0 Å². The van der Waals surface area contributed by atoms with Crippen LogP contribution >= 0.6 is 0 Å². The summed E-state index contributed by atoms with van der Waals surface area (Å²) < 4.78 is 5.38. The molecule has 1 rings (SSSR count). The molecule has 1 N–H and O–H groups in total. The van der Waals surface area contributed by atoms with E-state index in [1.54, 1.807) is 0 Å². The average molecular weight is 179 g/mol. The van der Waals surface area contributed by atoms with Crippen LogP contribution in [0.1, 0.15) is 11.1 Å². The first-order valence-corrected chi connectivity index (χ1v) is 3.38. The third-order valence-corrected chi connectivity index (χ3v) is 1.08. The summed E-state index contributed by atoms with van der Waals surface area (Å²) in [6.07, 6.45) is 0. The molecular formula is C8H10NNi-. The average Bonchev–Trinajstić information content (AvgIpc) is 1.91. The van der Waals surface area contributed by atoms with Gasteiger partial charge in [0.1, 0.15) is 0 Å². The predicted octanol–water partition coefficient (Wildman–Crippen LogP) is 2.40. The number of benzene rings is 1. The van der Waals surface area contributed by atoms with Gasteiger partial charge in [0, 0.05) is 0 Å². The van der Waals surface area contributed by atoms with Crippen molar-refractivity contribution in [1.29, 1.82) is 4.45 Å². The zero-order chi connectivity index (χ0) is 7.98. The number of rotatable bonds is 0. The van der Waals surface area contributed by atoms with E-state index < -0.39 is 0 Å². The second-order valence-corrected chi connectivity index (χ2v) is 2.09. The minimum absolute atomic E-state index is 1.28. The molecule has 0 saturated heterocycles. The van der Waals surface area contributed by atoms with E-state index in [1.165, 1.54) is 11.1 Å². The van der Waals surface area contributed by atoms with Crippen molar-refractivity contribution in [1.82, 2.24) is 0 Å².